The topological polar surface area (TPSA) is 72.2 Å². The molecule has 1 radical (unpaired) electrons. The van der Waals surface area contributed by atoms with Crippen molar-refractivity contribution < 1.29 is 9.59 Å². The van der Waals surface area contributed by atoms with E-state index in [9.17, 15) is 9.59 Å². The van der Waals surface area contributed by atoms with Gasteiger partial charge >= 0.3 is 0 Å². The molecule has 0 spiro atoms. The van der Waals surface area contributed by atoms with Gasteiger partial charge in [0.05, 0.1) is 5.41 Å². The number of nitrogens with two attached hydrogens (primary N) is 1. The molecule has 4 fully saturated rings. The Bertz CT molecular complexity index is 377. The Balaban J connectivity index is 1.94. The number of nitrogens with one attached hydrogen (secondary N) is 1. The van der Waals surface area contributed by atoms with E-state index < -0.39 is 5.41 Å². The molecule has 0 aliphatic heterocycles. The maximum absolute atomic E-state index is 11.8. The molecule has 4 saturated carbocycles. The molecule has 4 rings (SSSR count). The van der Waals surface area contributed by atoms with Crippen LogP contribution in [0.25, 0.3) is 0 Å². The molecule has 4 aliphatic rings. The summed E-state index contributed by atoms with van der Waals surface area (Å²) in [5.41, 5.74) is 4.98. The van der Waals surface area contributed by atoms with Crippen LogP contribution in [0.4, 0.5) is 0 Å². The molecular weight excluding hydrogens is 216 g/mol. The van der Waals surface area contributed by atoms with E-state index in [1.165, 1.54) is 0 Å². The zero-order valence-electron chi connectivity index (χ0n) is 10.2. The smallest absolute Gasteiger partial charge is 0.224 e. The lowest BCUT2D eigenvalue weighted by Gasteiger charge is -2.60. The number of rotatable bonds is 2. The highest BCUT2D eigenvalue weighted by Crippen LogP contribution is 2.60. The van der Waals surface area contributed by atoms with Gasteiger partial charge in [-0.1, -0.05) is 0 Å². The lowest BCUT2D eigenvalue weighted by Crippen LogP contribution is -2.65. The summed E-state index contributed by atoms with van der Waals surface area (Å²) in [6.45, 7) is 1.55. The van der Waals surface area contributed by atoms with Crippen LogP contribution in [-0.2, 0) is 9.59 Å². The third-order valence-corrected chi connectivity index (χ3v) is 4.76. The molecule has 4 unspecified atom stereocenters. The number of carbonyl (C=O) groups excluding carboxylic acids is 2. The Morgan fingerprint density at radius 2 is 2.12 bits per heavy atom. The van der Waals surface area contributed by atoms with Crippen LogP contribution in [0, 0.1) is 23.7 Å². The molecule has 3 N–H and O–H groups in total. The molecule has 93 valence electrons. The molecule has 0 aromatic heterocycles. The van der Waals surface area contributed by atoms with Gasteiger partial charge in [0, 0.05) is 12.5 Å². The summed E-state index contributed by atoms with van der Waals surface area (Å²) in [5, 5.41) is 3.10. The molecule has 0 saturated heterocycles. The minimum Gasteiger partial charge on any atom is -0.369 e. The highest BCUT2D eigenvalue weighted by atomic mass is 16.2. The van der Waals surface area contributed by atoms with Crippen molar-refractivity contribution in [2.75, 3.05) is 0 Å². The van der Waals surface area contributed by atoms with Crippen LogP contribution < -0.4 is 11.1 Å². The molecule has 4 atom stereocenters. The first-order valence-electron chi connectivity index (χ1n) is 6.38. The van der Waals surface area contributed by atoms with Crippen LogP contribution >= 0.6 is 0 Å². The van der Waals surface area contributed by atoms with E-state index in [2.05, 4.69) is 11.7 Å². The molecular formula is C13H19N2O2. The number of primary amides is 1. The van der Waals surface area contributed by atoms with Crippen molar-refractivity contribution in [3.05, 3.63) is 6.42 Å². The van der Waals surface area contributed by atoms with Gasteiger partial charge in [0.25, 0.3) is 0 Å². The summed E-state index contributed by atoms with van der Waals surface area (Å²) in [7, 11) is 0. The van der Waals surface area contributed by atoms with E-state index in [-0.39, 0.29) is 17.4 Å². The van der Waals surface area contributed by atoms with Gasteiger partial charge in [0.2, 0.25) is 11.8 Å². The minimum absolute atomic E-state index is 0.00608. The van der Waals surface area contributed by atoms with Gasteiger partial charge < -0.3 is 11.1 Å². The third kappa shape index (κ3) is 1.57. The summed E-state index contributed by atoms with van der Waals surface area (Å²) in [6.07, 6.45) is 6.94. The number of hydrogen-bond donors (Lipinski definition) is 2. The van der Waals surface area contributed by atoms with E-state index in [0.29, 0.717) is 18.3 Å². The zero-order chi connectivity index (χ0) is 12.3. The van der Waals surface area contributed by atoms with E-state index in [1.54, 1.807) is 6.92 Å². The lowest BCUT2D eigenvalue weighted by molar-refractivity contribution is -0.141. The highest BCUT2D eigenvalue weighted by Gasteiger charge is 2.60. The van der Waals surface area contributed by atoms with Crippen molar-refractivity contribution in [1.82, 2.24) is 5.32 Å². The molecule has 0 heterocycles. The minimum atomic E-state index is -0.452. The fraction of sp³-hybridized carbons (Fsp3) is 0.769. The van der Waals surface area contributed by atoms with E-state index >= 15 is 0 Å². The van der Waals surface area contributed by atoms with Gasteiger partial charge in [0.1, 0.15) is 0 Å². The molecule has 0 aromatic rings. The summed E-state index contributed by atoms with van der Waals surface area (Å²) in [4.78, 5) is 23.1. The maximum atomic E-state index is 11.8. The van der Waals surface area contributed by atoms with E-state index in [0.717, 1.165) is 25.7 Å². The lowest BCUT2D eigenvalue weighted by atomic mass is 9.46. The molecule has 4 nitrogen and oxygen atoms in total. The first-order valence-corrected chi connectivity index (χ1v) is 6.38. The normalized spacial score (nSPS) is 46.9. The first-order chi connectivity index (χ1) is 7.93. The predicted molar refractivity (Wildman–Crippen MR) is 62.5 cm³/mol. The Morgan fingerprint density at radius 1 is 1.35 bits per heavy atom. The van der Waals surface area contributed by atoms with Crippen molar-refractivity contribution in [3.63, 3.8) is 0 Å². The van der Waals surface area contributed by atoms with Gasteiger partial charge in [-0.25, -0.2) is 0 Å². The van der Waals surface area contributed by atoms with Crippen LogP contribution in [0.15, 0.2) is 0 Å². The number of carbonyl (C=O) groups is 2. The predicted octanol–water partition coefficient (Wildman–Crippen LogP) is 0.761. The molecule has 4 heteroatoms. The standard InChI is InChI=1S/C13H19N2O2/c1-8(16)15-13-5-9-2-10(6-13)4-12(3-9,7-13)11(14)17/h3,9-10H,2,4-7H2,1H3,(H2,14,17)(H,15,16). The Labute approximate surface area is 101 Å². The van der Waals surface area contributed by atoms with Crippen LogP contribution in [0.1, 0.15) is 39.0 Å². The van der Waals surface area contributed by atoms with Gasteiger partial charge in [-0.15, -0.1) is 0 Å². The van der Waals surface area contributed by atoms with Crippen LogP contribution in [0.5, 0.6) is 0 Å². The maximum Gasteiger partial charge on any atom is 0.224 e. The second-order valence-corrected chi connectivity index (χ2v) is 6.30. The van der Waals surface area contributed by atoms with E-state index in [1.807, 2.05) is 0 Å². The largest absolute Gasteiger partial charge is 0.369 e. The SMILES string of the molecule is CC(=O)NC12CC3[CH]C(C(N)=O)(CC(C3)C1)C2. The molecule has 4 aliphatic carbocycles. The van der Waals surface area contributed by atoms with Crippen molar-refractivity contribution in [2.45, 2.75) is 44.6 Å². The van der Waals surface area contributed by atoms with Gasteiger partial charge in [-0.05, 0) is 50.4 Å². The van der Waals surface area contributed by atoms with Gasteiger partial charge in [-0.2, -0.15) is 0 Å². The fourth-order valence-corrected chi connectivity index (χ4v) is 4.72. The average molecular weight is 235 g/mol. The average Bonchev–Trinajstić information content (AvgIpc) is 2.12. The van der Waals surface area contributed by atoms with Gasteiger partial charge in [0.15, 0.2) is 0 Å². The monoisotopic (exact) mass is 235 g/mol. The van der Waals surface area contributed by atoms with Crippen molar-refractivity contribution >= 4 is 11.8 Å². The Hall–Kier alpha value is -1.06. The van der Waals surface area contributed by atoms with Crippen molar-refractivity contribution in [2.24, 2.45) is 23.0 Å². The molecule has 2 amide bonds. The third-order valence-electron chi connectivity index (χ3n) is 4.76. The fourth-order valence-electron chi connectivity index (χ4n) is 4.72. The Kier molecular flexibility index (Phi) is 2.11. The van der Waals surface area contributed by atoms with Crippen LogP contribution in [0.3, 0.4) is 0 Å². The first kappa shape index (κ1) is 11.1. The second-order valence-electron chi connectivity index (χ2n) is 6.30. The summed E-state index contributed by atoms with van der Waals surface area (Å²) >= 11 is 0. The molecule has 0 aromatic carbocycles. The zero-order valence-corrected chi connectivity index (χ0v) is 10.2. The van der Waals surface area contributed by atoms with Crippen molar-refractivity contribution in [3.8, 4) is 0 Å². The van der Waals surface area contributed by atoms with Crippen LogP contribution in [-0.4, -0.2) is 17.4 Å². The molecule has 4 bridgehead atoms. The number of amides is 2. The highest BCUT2D eigenvalue weighted by molar-refractivity contribution is 5.84. The summed E-state index contributed by atoms with van der Waals surface area (Å²) in [5.74, 6) is 0.801. The quantitative estimate of drug-likeness (QED) is 0.741. The molecule has 17 heavy (non-hydrogen) atoms. The van der Waals surface area contributed by atoms with Gasteiger partial charge in [-0.3, -0.25) is 9.59 Å². The number of hydrogen-bond acceptors (Lipinski definition) is 2. The summed E-state index contributed by atoms with van der Waals surface area (Å²) in [6, 6.07) is 0. The summed E-state index contributed by atoms with van der Waals surface area (Å²) < 4.78 is 0. The second kappa shape index (κ2) is 3.24. The van der Waals surface area contributed by atoms with E-state index in [4.69, 9.17) is 5.73 Å². The van der Waals surface area contributed by atoms with Crippen molar-refractivity contribution in [1.29, 1.82) is 0 Å². The Morgan fingerprint density at radius 3 is 2.71 bits per heavy atom. The van der Waals surface area contributed by atoms with Crippen LogP contribution in [0.2, 0.25) is 0 Å².